The highest BCUT2D eigenvalue weighted by molar-refractivity contribution is 5.74. The van der Waals surface area contributed by atoms with Gasteiger partial charge in [0, 0.05) is 19.6 Å². The molecule has 0 atom stereocenters. The number of hydrogen-bond donors (Lipinski definition) is 2. The van der Waals surface area contributed by atoms with Crippen LogP contribution < -0.4 is 5.32 Å². The number of nitrogens with zero attached hydrogens (tertiary/aromatic N) is 1. The fourth-order valence-corrected chi connectivity index (χ4v) is 2.82. The second-order valence-corrected chi connectivity index (χ2v) is 6.09. The van der Waals surface area contributed by atoms with E-state index in [0.717, 1.165) is 0 Å². The third kappa shape index (κ3) is 4.86. The van der Waals surface area contributed by atoms with Gasteiger partial charge in [-0.15, -0.1) is 6.58 Å². The summed E-state index contributed by atoms with van der Waals surface area (Å²) in [6, 6.07) is -0.111. The van der Waals surface area contributed by atoms with E-state index >= 15 is 0 Å². The molecule has 0 aromatic heterocycles. The van der Waals surface area contributed by atoms with Gasteiger partial charge in [0.2, 0.25) is 0 Å². The maximum absolute atomic E-state index is 12.0. The zero-order chi connectivity index (χ0) is 14.3. The lowest BCUT2D eigenvalue weighted by Crippen LogP contribution is -2.46. The highest BCUT2D eigenvalue weighted by Crippen LogP contribution is 2.38. The molecule has 0 aromatic rings. The molecule has 1 aliphatic rings. The summed E-state index contributed by atoms with van der Waals surface area (Å²) in [6.07, 6.45) is 6.85. The normalized spacial score (nSPS) is 16.4. The average molecular weight is 268 g/mol. The lowest BCUT2D eigenvalue weighted by atomic mass is 9.78. The summed E-state index contributed by atoms with van der Waals surface area (Å²) in [7, 11) is 0. The maximum Gasteiger partial charge on any atom is 0.317 e. The van der Waals surface area contributed by atoms with Crippen molar-refractivity contribution >= 4 is 6.03 Å². The minimum atomic E-state index is -0.111. The Morgan fingerprint density at radius 3 is 2.63 bits per heavy atom. The molecular weight excluding hydrogens is 240 g/mol. The van der Waals surface area contributed by atoms with Gasteiger partial charge in [0.15, 0.2) is 0 Å². The van der Waals surface area contributed by atoms with Crippen molar-refractivity contribution in [3.8, 4) is 0 Å². The van der Waals surface area contributed by atoms with Crippen LogP contribution in [0.3, 0.4) is 0 Å². The Labute approximate surface area is 116 Å². The van der Waals surface area contributed by atoms with Gasteiger partial charge in [0.25, 0.3) is 0 Å². The van der Waals surface area contributed by atoms with Gasteiger partial charge in [-0.1, -0.05) is 32.8 Å². The van der Waals surface area contributed by atoms with E-state index in [1.54, 1.807) is 11.0 Å². The second-order valence-electron chi connectivity index (χ2n) is 6.09. The van der Waals surface area contributed by atoms with Crippen LogP contribution in [-0.2, 0) is 0 Å². The quantitative estimate of drug-likeness (QED) is 0.697. The second kappa shape index (κ2) is 7.53. The summed E-state index contributed by atoms with van der Waals surface area (Å²) >= 11 is 0. The molecule has 1 rings (SSSR count). The van der Waals surface area contributed by atoms with Gasteiger partial charge >= 0.3 is 6.03 Å². The van der Waals surface area contributed by atoms with Gasteiger partial charge in [0.1, 0.15) is 0 Å². The van der Waals surface area contributed by atoms with E-state index in [0.29, 0.717) is 25.6 Å². The molecule has 0 heterocycles. The summed E-state index contributed by atoms with van der Waals surface area (Å²) in [6.45, 7) is 9.58. The molecule has 110 valence electrons. The fraction of sp³-hybridized carbons (Fsp3) is 0.800. The number of nitrogens with one attached hydrogen (secondary N) is 1. The number of hydrogen-bond acceptors (Lipinski definition) is 2. The van der Waals surface area contributed by atoms with Crippen LogP contribution in [-0.4, -0.2) is 42.3 Å². The summed E-state index contributed by atoms with van der Waals surface area (Å²) < 4.78 is 0. The molecule has 1 aliphatic carbocycles. The Bertz CT molecular complexity index is 297. The van der Waals surface area contributed by atoms with Gasteiger partial charge in [-0.3, -0.25) is 0 Å². The summed E-state index contributed by atoms with van der Waals surface area (Å²) in [4.78, 5) is 13.6. The Morgan fingerprint density at radius 2 is 2.11 bits per heavy atom. The molecule has 1 fully saturated rings. The minimum absolute atomic E-state index is 0.0206. The van der Waals surface area contributed by atoms with Crippen LogP contribution in [0.2, 0.25) is 0 Å². The number of aliphatic hydroxyl groups excluding tert-OH is 1. The molecule has 2 amide bonds. The number of rotatable bonds is 7. The molecule has 0 saturated heterocycles. The van der Waals surface area contributed by atoms with Crippen LogP contribution >= 0.6 is 0 Å². The summed E-state index contributed by atoms with van der Waals surface area (Å²) in [5.74, 6) is 0.707. The van der Waals surface area contributed by atoms with Crippen LogP contribution in [0.15, 0.2) is 12.7 Å². The van der Waals surface area contributed by atoms with E-state index in [1.165, 1.54) is 25.7 Å². The highest BCUT2D eigenvalue weighted by atomic mass is 16.3. The fourth-order valence-electron chi connectivity index (χ4n) is 2.82. The van der Waals surface area contributed by atoms with Crippen molar-refractivity contribution in [1.29, 1.82) is 0 Å². The molecule has 1 saturated carbocycles. The third-order valence-corrected chi connectivity index (χ3v) is 4.16. The zero-order valence-corrected chi connectivity index (χ0v) is 12.3. The first-order valence-corrected chi connectivity index (χ1v) is 7.26. The number of carbonyl (C=O) groups is 1. The SMILES string of the molecule is C=CCN(CCO)C(=O)NCC(C)(C)C1CCCC1. The number of amides is 2. The van der Waals surface area contributed by atoms with Crippen molar-refractivity contribution in [2.24, 2.45) is 11.3 Å². The Morgan fingerprint density at radius 1 is 1.47 bits per heavy atom. The van der Waals surface area contributed by atoms with Crippen molar-refractivity contribution in [2.45, 2.75) is 39.5 Å². The number of carbonyl (C=O) groups excluding carboxylic acids is 1. The Balaban J connectivity index is 2.44. The highest BCUT2D eigenvalue weighted by Gasteiger charge is 2.32. The van der Waals surface area contributed by atoms with E-state index in [-0.39, 0.29) is 18.1 Å². The maximum atomic E-state index is 12.0. The molecule has 2 N–H and O–H groups in total. The van der Waals surface area contributed by atoms with Crippen LogP contribution in [0.25, 0.3) is 0 Å². The standard InChI is InChI=1S/C15H28N2O2/c1-4-9-17(10-11-18)14(19)16-12-15(2,3)13-7-5-6-8-13/h4,13,18H,1,5-12H2,2-3H3,(H,16,19). The van der Waals surface area contributed by atoms with E-state index in [4.69, 9.17) is 5.11 Å². The van der Waals surface area contributed by atoms with Gasteiger partial charge < -0.3 is 15.3 Å². The largest absolute Gasteiger partial charge is 0.395 e. The topological polar surface area (TPSA) is 52.6 Å². The molecule has 0 aliphatic heterocycles. The van der Waals surface area contributed by atoms with Crippen molar-refractivity contribution in [3.63, 3.8) is 0 Å². The minimum Gasteiger partial charge on any atom is -0.395 e. The molecule has 0 bridgehead atoms. The number of aliphatic hydroxyl groups is 1. The predicted molar refractivity (Wildman–Crippen MR) is 78.0 cm³/mol. The van der Waals surface area contributed by atoms with Gasteiger partial charge in [-0.25, -0.2) is 4.79 Å². The molecule has 4 heteroatoms. The van der Waals surface area contributed by atoms with Crippen molar-refractivity contribution in [1.82, 2.24) is 10.2 Å². The van der Waals surface area contributed by atoms with Gasteiger partial charge in [-0.05, 0) is 24.2 Å². The van der Waals surface area contributed by atoms with E-state index in [2.05, 4.69) is 25.7 Å². The van der Waals surface area contributed by atoms with Crippen molar-refractivity contribution < 1.29 is 9.90 Å². The van der Waals surface area contributed by atoms with Crippen LogP contribution in [0.5, 0.6) is 0 Å². The van der Waals surface area contributed by atoms with Crippen LogP contribution in [0.1, 0.15) is 39.5 Å². The van der Waals surface area contributed by atoms with Gasteiger partial charge in [0.05, 0.1) is 6.61 Å². The Kier molecular flexibility index (Phi) is 6.35. The molecule has 0 spiro atoms. The summed E-state index contributed by atoms with van der Waals surface area (Å²) in [5.41, 5.74) is 0.144. The molecule has 19 heavy (non-hydrogen) atoms. The molecular formula is C15H28N2O2. The van der Waals surface area contributed by atoms with Crippen LogP contribution in [0, 0.1) is 11.3 Å². The predicted octanol–water partition coefficient (Wildman–Crippen LogP) is 2.39. The van der Waals surface area contributed by atoms with Crippen LogP contribution in [0.4, 0.5) is 4.79 Å². The smallest absolute Gasteiger partial charge is 0.317 e. The van der Waals surface area contributed by atoms with E-state index in [9.17, 15) is 4.79 Å². The first kappa shape index (κ1) is 16.0. The van der Waals surface area contributed by atoms with E-state index < -0.39 is 0 Å². The first-order valence-electron chi connectivity index (χ1n) is 7.26. The van der Waals surface area contributed by atoms with Crippen molar-refractivity contribution in [2.75, 3.05) is 26.2 Å². The van der Waals surface area contributed by atoms with Gasteiger partial charge in [-0.2, -0.15) is 0 Å². The number of urea groups is 1. The monoisotopic (exact) mass is 268 g/mol. The van der Waals surface area contributed by atoms with Crippen molar-refractivity contribution in [3.05, 3.63) is 12.7 Å². The average Bonchev–Trinajstić information content (AvgIpc) is 2.90. The third-order valence-electron chi connectivity index (χ3n) is 4.16. The lowest BCUT2D eigenvalue weighted by molar-refractivity contribution is 0.167. The lowest BCUT2D eigenvalue weighted by Gasteiger charge is -2.33. The first-order chi connectivity index (χ1) is 9.01. The molecule has 0 unspecified atom stereocenters. The Hall–Kier alpha value is -1.03. The zero-order valence-electron chi connectivity index (χ0n) is 12.3. The summed E-state index contributed by atoms with van der Waals surface area (Å²) in [5, 5.41) is 12.0. The molecule has 0 aromatic carbocycles. The molecule has 4 nitrogen and oxygen atoms in total. The van der Waals surface area contributed by atoms with E-state index in [1.807, 2.05) is 0 Å². The molecule has 0 radical (unpaired) electrons.